The molecule has 140 valence electrons. The first-order chi connectivity index (χ1) is 13.0. The minimum absolute atomic E-state index is 0.200. The van der Waals surface area contributed by atoms with Gasteiger partial charge in [0.1, 0.15) is 11.3 Å². The third-order valence-electron chi connectivity index (χ3n) is 3.86. The number of ether oxygens (including phenoxy) is 2. The lowest BCUT2D eigenvalue weighted by molar-refractivity contribution is -0.145. The summed E-state index contributed by atoms with van der Waals surface area (Å²) in [6.45, 7) is 3.62. The summed E-state index contributed by atoms with van der Waals surface area (Å²) in [6.07, 6.45) is 0. The van der Waals surface area contributed by atoms with Crippen LogP contribution in [-0.4, -0.2) is 25.1 Å². The number of amides is 1. The molecule has 1 amide bonds. The van der Waals surface area contributed by atoms with Gasteiger partial charge < -0.3 is 19.2 Å². The van der Waals surface area contributed by atoms with Crippen LogP contribution >= 0.6 is 11.6 Å². The lowest BCUT2D eigenvalue weighted by Crippen LogP contribution is -2.15. The van der Waals surface area contributed by atoms with Crippen molar-refractivity contribution >= 4 is 40.1 Å². The van der Waals surface area contributed by atoms with Crippen LogP contribution in [0.1, 0.15) is 23.0 Å². The Balaban J connectivity index is 1.74. The molecule has 0 bridgehead atoms. The zero-order valence-corrected chi connectivity index (χ0v) is 15.6. The third kappa shape index (κ3) is 4.41. The summed E-state index contributed by atoms with van der Waals surface area (Å²) < 4.78 is 15.8. The Labute approximate surface area is 161 Å². The molecule has 0 aliphatic carbocycles. The highest BCUT2D eigenvalue weighted by Crippen LogP contribution is 2.28. The molecule has 0 unspecified atom stereocenters. The maximum Gasteiger partial charge on any atom is 0.344 e. The highest BCUT2D eigenvalue weighted by Gasteiger charge is 2.18. The van der Waals surface area contributed by atoms with Crippen LogP contribution in [-0.2, 0) is 9.53 Å². The van der Waals surface area contributed by atoms with Gasteiger partial charge in [-0.05, 0) is 44.2 Å². The normalized spacial score (nSPS) is 10.6. The molecular formula is C20H18ClNO5. The number of fused-ring (bicyclic) bond motifs is 1. The van der Waals surface area contributed by atoms with Gasteiger partial charge in [0.2, 0.25) is 0 Å². The lowest BCUT2D eigenvalue weighted by Gasteiger charge is -2.08. The number of esters is 1. The van der Waals surface area contributed by atoms with Crippen LogP contribution in [0, 0.1) is 6.92 Å². The zero-order valence-electron chi connectivity index (χ0n) is 14.9. The molecule has 0 atom stereocenters. The topological polar surface area (TPSA) is 77.8 Å². The summed E-state index contributed by atoms with van der Waals surface area (Å²) in [4.78, 5) is 24.0. The average molecular weight is 388 g/mol. The Morgan fingerprint density at radius 2 is 2.00 bits per heavy atom. The van der Waals surface area contributed by atoms with Gasteiger partial charge in [0.25, 0.3) is 5.91 Å². The van der Waals surface area contributed by atoms with Crippen LogP contribution in [0.15, 0.2) is 46.9 Å². The Morgan fingerprint density at radius 1 is 1.19 bits per heavy atom. The van der Waals surface area contributed by atoms with Crippen molar-refractivity contribution in [3.8, 4) is 5.75 Å². The first-order valence-corrected chi connectivity index (χ1v) is 8.74. The number of hydrogen-bond donors (Lipinski definition) is 1. The summed E-state index contributed by atoms with van der Waals surface area (Å²) in [6, 6.07) is 11.9. The number of carbonyl (C=O) groups excluding carboxylic acids is 2. The van der Waals surface area contributed by atoms with E-state index in [1.165, 1.54) is 0 Å². The van der Waals surface area contributed by atoms with Gasteiger partial charge in [0, 0.05) is 27.7 Å². The Hall–Kier alpha value is -2.99. The summed E-state index contributed by atoms with van der Waals surface area (Å²) >= 11 is 6.01. The van der Waals surface area contributed by atoms with Gasteiger partial charge in [-0.3, -0.25) is 4.79 Å². The zero-order chi connectivity index (χ0) is 19.4. The van der Waals surface area contributed by atoms with E-state index in [1.54, 1.807) is 56.3 Å². The molecule has 7 heteroatoms. The molecule has 3 rings (SSSR count). The van der Waals surface area contributed by atoms with Gasteiger partial charge in [-0.25, -0.2) is 4.79 Å². The van der Waals surface area contributed by atoms with E-state index in [4.69, 9.17) is 25.5 Å². The van der Waals surface area contributed by atoms with Crippen LogP contribution in [0.25, 0.3) is 11.0 Å². The lowest BCUT2D eigenvalue weighted by atomic mass is 10.1. The van der Waals surface area contributed by atoms with E-state index in [2.05, 4.69) is 5.32 Å². The SMILES string of the molecule is CCOC(=O)COc1cccc(NC(=O)c2oc3ccc(Cl)cc3c2C)c1. The molecule has 1 aromatic heterocycles. The minimum atomic E-state index is -0.455. The molecule has 0 saturated heterocycles. The predicted octanol–water partition coefficient (Wildman–Crippen LogP) is 4.59. The van der Waals surface area contributed by atoms with Gasteiger partial charge in [-0.2, -0.15) is 0 Å². The van der Waals surface area contributed by atoms with E-state index >= 15 is 0 Å². The van der Waals surface area contributed by atoms with E-state index in [0.29, 0.717) is 34.2 Å². The van der Waals surface area contributed by atoms with Crippen molar-refractivity contribution in [2.45, 2.75) is 13.8 Å². The maximum absolute atomic E-state index is 12.6. The molecule has 1 N–H and O–H groups in total. The van der Waals surface area contributed by atoms with Crippen molar-refractivity contribution in [1.29, 1.82) is 0 Å². The van der Waals surface area contributed by atoms with Gasteiger partial charge in [0.15, 0.2) is 12.4 Å². The summed E-state index contributed by atoms with van der Waals surface area (Å²) in [7, 11) is 0. The maximum atomic E-state index is 12.6. The second kappa shape index (κ2) is 8.14. The minimum Gasteiger partial charge on any atom is -0.482 e. The molecule has 6 nitrogen and oxygen atoms in total. The second-order valence-electron chi connectivity index (χ2n) is 5.77. The largest absolute Gasteiger partial charge is 0.482 e. The van der Waals surface area contributed by atoms with Crippen molar-refractivity contribution in [2.24, 2.45) is 0 Å². The van der Waals surface area contributed by atoms with Crippen molar-refractivity contribution < 1.29 is 23.5 Å². The van der Waals surface area contributed by atoms with Crippen LogP contribution in [0.5, 0.6) is 5.75 Å². The first kappa shape index (κ1) is 18.8. The molecule has 0 aliphatic rings. The summed E-state index contributed by atoms with van der Waals surface area (Å²) in [5, 5.41) is 4.13. The molecule has 0 radical (unpaired) electrons. The van der Waals surface area contributed by atoms with Crippen molar-refractivity contribution in [3.05, 3.63) is 58.8 Å². The van der Waals surface area contributed by atoms with Crippen LogP contribution in [0.3, 0.4) is 0 Å². The van der Waals surface area contributed by atoms with E-state index in [9.17, 15) is 9.59 Å². The van der Waals surface area contributed by atoms with Crippen molar-refractivity contribution in [2.75, 3.05) is 18.5 Å². The molecule has 0 aliphatic heterocycles. The van der Waals surface area contributed by atoms with Crippen LogP contribution < -0.4 is 10.1 Å². The first-order valence-electron chi connectivity index (χ1n) is 8.36. The number of carbonyl (C=O) groups is 2. The number of nitrogens with one attached hydrogen (secondary N) is 1. The molecule has 0 fully saturated rings. The summed E-state index contributed by atoms with van der Waals surface area (Å²) in [5.41, 5.74) is 1.81. The smallest absolute Gasteiger partial charge is 0.344 e. The molecule has 27 heavy (non-hydrogen) atoms. The Bertz CT molecular complexity index is 995. The fraction of sp³-hybridized carbons (Fsp3) is 0.200. The average Bonchev–Trinajstić information content (AvgIpc) is 2.97. The van der Waals surface area contributed by atoms with E-state index in [0.717, 1.165) is 5.39 Å². The standard InChI is InChI=1S/C20H18ClNO5/c1-3-25-18(23)11-26-15-6-4-5-14(10-15)22-20(24)19-12(2)16-9-13(21)7-8-17(16)27-19/h4-10H,3,11H2,1-2H3,(H,22,24). The van der Waals surface area contributed by atoms with Crippen LogP contribution in [0.4, 0.5) is 5.69 Å². The molecule has 1 heterocycles. The van der Waals surface area contributed by atoms with Gasteiger partial charge >= 0.3 is 5.97 Å². The predicted molar refractivity (Wildman–Crippen MR) is 102 cm³/mol. The van der Waals surface area contributed by atoms with Crippen molar-refractivity contribution in [1.82, 2.24) is 0 Å². The second-order valence-corrected chi connectivity index (χ2v) is 6.21. The molecular weight excluding hydrogens is 370 g/mol. The molecule has 0 saturated carbocycles. The molecule has 0 spiro atoms. The quantitative estimate of drug-likeness (QED) is 0.626. The van der Waals surface area contributed by atoms with Crippen molar-refractivity contribution in [3.63, 3.8) is 0 Å². The molecule has 3 aromatic rings. The Kier molecular flexibility index (Phi) is 5.66. The highest BCUT2D eigenvalue weighted by molar-refractivity contribution is 6.31. The number of benzene rings is 2. The number of halogens is 1. The Morgan fingerprint density at radius 3 is 2.78 bits per heavy atom. The van der Waals surface area contributed by atoms with E-state index in [1.807, 2.05) is 0 Å². The number of hydrogen-bond acceptors (Lipinski definition) is 5. The monoisotopic (exact) mass is 387 g/mol. The third-order valence-corrected chi connectivity index (χ3v) is 4.09. The number of anilines is 1. The van der Waals surface area contributed by atoms with Gasteiger partial charge in [0.05, 0.1) is 6.61 Å². The van der Waals surface area contributed by atoms with E-state index in [-0.39, 0.29) is 18.3 Å². The molecule has 2 aromatic carbocycles. The fourth-order valence-electron chi connectivity index (χ4n) is 2.61. The number of rotatable bonds is 6. The number of aryl methyl sites for hydroxylation is 1. The fourth-order valence-corrected chi connectivity index (χ4v) is 2.78. The van der Waals surface area contributed by atoms with Gasteiger partial charge in [-0.15, -0.1) is 0 Å². The van der Waals surface area contributed by atoms with E-state index < -0.39 is 5.97 Å². The van der Waals surface area contributed by atoms with Gasteiger partial charge in [-0.1, -0.05) is 17.7 Å². The van der Waals surface area contributed by atoms with Crippen LogP contribution in [0.2, 0.25) is 5.02 Å². The number of furan rings is 1. The summed E-state index contributed by atoms with van der Waals surface area (Å²) in [5.74, 6) is -0.190. The highest BCUT2D eigenvalue weighted by atomic mass is 35.5.